The average Bonchev–Trinajstić information content (AvgIpc) is 2.92. The van der Waals surface area contributed by atoms with Crippen LogP contribution < -0.4 is 0 Å². The Morgan fingerprint density at radius 3 is 2.86 bits per heavy atom. The summed E-state index contributed by atoms with van der Waals surface area (Å²) in [5.74, 6) is 1.01. The van der Waals surface area contributed by atoms with Gasteiger partial charge in [0.15, 0.2) is 0 Å². The summed E-state index contributed by atoms with van der Waals surface area (Å²) in [4.78, 5) is 6.76. The minimum absolute atomic E-state index is 0.0510. The number of nitrogens with zero attached hydrogens (tertiary/aromatic N) is 3. The van der Waals surface area contributed by atoms with Gasteiger partial charge in [0.2, 0.25) is 0 Å². The maximum absolute atomic E-state index is 10.1. The Bertz CT molecular complexity index is 438. The topological polar surface area (TPSA) is 70.8 Å². The fourth-order valence-corrected chi connectivity index (χ4v) is 3.03. The van der Waals surface area contributed by atoms with Crippen LogP contribution in [0.4, 0.5) is 0 Å². The van der Waals surface area contributed by atoms with Crippen molar-refractivity contribution in [3.05, 3.63) is 18.2 Å². The predicted molar refractivity (Wildman–Crippen MR) is 84.4 cm³/mol. The van der Waals surface area contributed by atoms with E-state index in [1.54, 1.807) is 0 Å². The molecular weight excluding hydrogens is 282 g/mol. The first-order chi connectivity index (χ1) is 10.7. The summed E-state index contributed by atoms with van der Waals surface area (Å²) in [5, 5.41) is 19.9. The van der Waals surface area contributed by atoms with E-state index in [4.69, 9.17) is 4.74 Å². The highest BCUT2D eigenvalue weighted by atomic mass is 16.5. The van der Waals surface area contributed by atoms with Crippen LogP contribution in [0, 0.1) is 5.92 Å². The van der Waals surface area contributed by atoms with Crippen molar-refractivity contribution >= 4 is 0 Å². The molecule has 0 aromatic carbocycles. The molecule has 1 aliphatic rings. The zero-order chi connectivity index (χ0) is 15.9. The normalized spacial score (nSPS) is 25.8. The quantitative estimate of drug-likeness (QED) is 0.745. The predicted octanol–water partition coefficient (Wildman–Crippen LogP) is 0.873. The van der Waals surface area contributed by atoms with Gasteiger partial charge in [-0.15, -0.1) is 0 Å². The van der Waals surface area contributed by atoms with Gasteiger partial charge in [-0.05, 0) is 19.4 Å². The molecular formula is C16H29N3O3. The Kier molecular flexibility index (Phi) is 6.82. The Morgan fingerprint density at radius 2 is 2.14 bits per heavy atom. The maximum Gasteiger partial charge on any atom is 0.122 e. The van der Waals surface area contributed by atoms with Crippen LogP contribution in [0.5, 0.6) is 0 Å². The summed E-state index contributed by atoms with van der Waals surface area (Å²) in [6, 6.07) is 0. The average molecular weight is 311 g/mol. The van der Waals surface area contributed by atoms with Crippen LogP contribution in [0.1, 0.15) is 32.5 Å². The van der Waals surface area contributed by atoms with Crippen molar-refractivity contribution in [2.45, 2.75) is 52.0 Å². The second kappa shape index (κ2) is 8.62. The van der Waals surface area contributed by atoms with Gasteiger partial charge in [0.05, 0.1) is 25.9 Å². The highest BCUT2D eigenvalue weighted by Crippen LogP contribution is 2.18. The number of ether oxygens (including phenoxy) is 1. The van der Waals surface area contributed by atoms with Crippen molar-refractivity contribution in [1.29, 1.82) is 0 Å². The number of aliphatic hydroxyl groups is 2. The molecule has 2 rings (SSSR count). The van der Waals surface area contributed by atoms with Gasteiger partial charge in [-0.25, -0.2) is 4.98 Å². The summed E-state index contributed by atoms with van der Waals surface area (Å²) in [6.45, 7) is 8.43. The molecule has 2 N–H and O–H groups in total. The van der Waals surface area contributed by atoms with Crippen LogP contribution in [-0.2, 0) is 17.8 Å². The molecule has 1 saturated heterocycles. The smallest absolute Gasteiger partial charge is 0.122 e. The zero-order valence-electron chi connectivity index (χ0n) is 13.7. The molecule has 126 valence electrons. The van der Waals surface area contributed by atoms with E-state index in [9.17, 15) is 10.2 Å². The molecule has 0 spiro atoms. The van der Waals surface area contributed by atoms with E-state index in [2.05, 4.69) is 28.3 Å². The van der Waals surface area contributed by atoms with Crippen molar-refractivity contribution in [2.75, 3.05) is 26.3 Å². The van der Waals surface area contributed by atoms with Crippen LogP contribution in [-0.4, -0.2) is 63.2 Å². The molecule has 1 aromatic rings. The van der Waals surface area contributed by atoms with E-state index in [1.807, 2.05) is 12.4 Å². The fourth-order valence-electron chi connectivity index (χ4n) is 3.03. The van der Waals surface area contributed by atoms with Gasteiger partial charge in [0.25, 0.3) is 0 Å². The zero-order valence-corrected chi connectivity index (χ0v) is 13.7. The molecule has 0 radical (unpaired) electrons. The Hall–Kier alpha value is -0.950. The van der Waals surface area contributed by atoms with E-state index in [-0.39, 0.29) is 12.5 Å². The molecule has 0 saturated carbocycles. The second-order valence-electron chi connectivity index (χ2n) is 6.13. The van der Waals surface area contributed by atoms with Gasteiger partial charge >= 0.3 is 0 Å². The van der Waals surface area contributed by atoms with Crippen LogP contribution >= 0.6 is 0 Å². The van der Waals surface area contributed by atoms with Crippen LogP contribution in [0.25, 0.3) is 0 Å². The third-order valence-corrected chi connectivity index (χ3v) is 4.16. The van der Waals surface area contributed by atoms with Gasteiger partial charge in [-0.3, -0.25) is 4.90 Å². The first-order valence-electron chi connectivity index (χ1n) is 8.31. The van der Waals surface area contributed by atoms with Crippen molar-refractivity contribution in [3.8, 4) is 0 Å². The monoisotopic (exact) mass is 311 g/mol. The second-order valence-corrected chi connectivity index (χ2v) is 6.13. The lowest BCUT2D eigenvalue weighted by molar-refractivity contribution is -0.126. The van der Waals surface area contributed by atoms with Crippen LogP contribution in [0.15, 0.2) is 12.4 Å². The fraction of sp³-hybridized carbons (Fsp3) is 0.812. The van der Waals surface area contributed by atoms with Crippen molar-refractivity contribution in [2.24, 2.45) is 5.92 Å². The van der Waals surface area contributed by atoms with Gasteiger partial charge in [-0.1, -0.05) is 13.8 Å². The summed E-state index contributed by atoms with van der Waals surface area (Å²) in [6.07, 6.45) is 4.51. The number of aromatic nitrogens is 2. The van der Waals surface area contributed by atoms with Crippen molar-refractivity contribution < 1.29 is 14.9 Å². The number of hydrogen-bond acceptors (Lipinski definition) is 5. The van der Waals surface area contributed by atoms with Gasteiger partial charge in [-0.2, -0.15) is 0 Å². The third-order valence-electron chi connectivity index (χ3n) is 4.16. The molecule has 0 bridgehead atoms. The highest BCUT2D eigenvalue weighted by Gasteiger charge is 2.32. The molecule has 6 nitrogen and oxygen atoms in total. The largest absolute Gasteiger partial charge is 0.390 e. The summed E-state index contributed by atoms with van der Waals surface area (Å²) in [7, 11) is 0. The lowest BCUT2D eigenvalue weighted by Gasteiger charge is -2.35. The SMILES string of the molecule is CCCN(Cc1nccn1CCC)C[C@@H]1COC[C@@H](O)[C@H]1O. The first kappa shape index (κ1) is 17.4. The van der Waals surface area contributed by atoms with E-state index < -0.39 is 12.2 Å². The lowest BCUT2D eigenvalue weighted by atomic mass is 9.96. The maximum atomic E-state index is 10.1. The molecule has 2 heterocycles. The first-order valence-corrected chi connectivity index (χ1v) is 8.31. The molecule has 0 amide bonds. The number of rotatable bonds is 8. The Labute approximate surface area is 132 Å². The molecule has 0 aliphatic carbocycles. The third kappa shape index (κ3) is 4.52. The number of imidazole rings is 1. The number of aliphatic hydroxyl groups excluding tert-OH is 2. The van der Waals surface area contributed by atoms with E-state index in [0.29, 0.717) is 13.2 Å². The lowest BCUT2D eigenvalue weighted by Crippen LogP contribution is -2.48. The Morgan fingerprint density at radius 1 is 1.32 bits per heavy atom. The minimum Gasteiger partial charge on any atom is -0.390 e. The molecule has 22 heavy (non-hydrogen) atoms. The Balaban J connectivity index is 1.98. The molecule has 6 heteroatoms. The van der Waals surface area contributed by atoms with Crippen molar-refractivity contribution in [1.82, 2.24) is 14.5 Å². The summed E-state index contributed by atoms with van der Waals surface area (Å²) in [5.41, 5.74) is 0. The molecule has 1 fully saturated rings. The van der Waals surface area contributed by atoms with Crippen LogP contribution in [0.2, 0.25) is 0 Å². The molecule has 1 aromatic heterocycles. The number of aryl methyl sites for hydroxylation is 1. The highest BCUT2D eigenvalue weighted by molar-refractivity contribution is 4.93. The standard InChI is InChI=1S/C16H29N3O3/c1-3-6-18(9-13-11-22-12-14(20)16(13)21)10-15-17-5-8-19(15)7-4-2/h5,8,13-14,16,20-21H,3-4,6-7,9-12H2,1-2H3/t13-,14-,16+/m1/s1. The van der Waals surface area contributed by atoms with Gasteiger partial charge in [0.1, 0.15) is 11.9 Å². The van der Waals surface area contributed by atoms with E-state index in [1.165, 1.54) is 0 Å². The van der Waals surface area contributed by atoms with E-state index in [0.717, 1.165) is 38.3 Å². The van der Waals surface area contributed by atoms with Gasteiger partial charge < -0.3 is 19.5 Å². The molecule has 3 atom stereocenters. The number of hydrogen-bond donors (Lipinski definition) is 2. The van der Waals surface area contributed by atoms with Crippen molar-refractivity contribution in [3.63, 3.8) is 0 Å². The summed E-state index contributed by atoms with van der Waals surface area (Å²) < 4.78 is 7.57. The molecule has 0 unspecified atom stereocenters. The molecule has 1 aliphatic heterocycles. The van der Waals surface area contributed by atoms with E-state index >= 15 is 0 Å². The van der Waals surface area contributed by atoms with Crippen LogP contribution in [0.3, 0.4) is 0 Å². The summed E-state index contributed by atoms with van der Waals surface area (Å²) >= 11 is 0. The minimum atomic E-state index is -0.774. The van der Waals surface area contributed by atoms with Gasteiger partial charge in [0, 0.05) is 31.4 Å².